The number of ether oxygens (including phenoxy) is 1. The molecular formula is C7H12O3. The topological polar surface area (TPSA) is 46.5 Å². The van der Waals surface area contributed by atoms with E-state index in [-0.39, 0.29) is 6.61 Å². The van der Waals surface area contributed by atoms with E-state index in [1.807, 2.05) is 19.9 Å². The van der Waals surface area contributed by atoms with Gasteiger partial charge in [0.05, 0.1) is 6.61 Å². The van der Waals surface area contributed by atoms with Crippen molar-refractivity contribution in [3.63, 3.8) is 0 Å². The number of hydrogen-bond acceptors (Lipinski definition) is 2. The lowest BCUT2D eigenvalue weighted by Gasteiger charge is -1.98. The molecule has 0 aliphatic rings. The quantitative estimate of drug-likeness (QED) is 0.600. The van der Waals surface area contributed by atoms with Gasteiger partial charge in [0.1, 0.15) is 6.61 Å². The molecule has 0 saturated carbocycles. The van der Waals surface area contributed by atoms with Crippen LogP contribution in [0.3, 0.4) is 0 Å². The van der Waals surface area contributed by atoms with E-state index in [0.717, 1.165) is 5.57 Å². The van der Waals surface area contributed by atoms with Crippen LogP contribution in [-0.4, -0.2) is 24.3 Å². The summed E-state index contributed by atoms with van der Waals surface area (Å²) in [5, 5.41) is 8.15. The Kier molecular flexibility index (Phi) is 4.58. The molecule has 3 heteroatoms. The van der Waals surface area contributed by atoms with E-state index in [2.05, 4.69) is 0 Å². The van der Waals surface area contributed by atoms with E-state index in [9.17, 15) is 4.79 Å². The molecule has 0 fully saturated rings. The van der Waals surface area contributed by atoms with Crippen molar-refractivity contribution in [2.24, 2.45) is 0 Å². The summed E-state index contributed by atoms with van der Waals surface area (Å²) in [7, 11) is 0. The second-order valence-corrected chi connectivity index (χ2v) is 2.02. The summed E-state index contributed by atoms with van der Waals surface area (Å²) >= 11 is 0. The molecule has 1 N–H and O–H groups in total. The van der Waals surface area contributed by atoms with Gasteiger partial charge >= 0.3 is 5.97 Å². The molecule has 0 aliphatic carbocycles. The van der Waals surface area contributed by atoms with E-state index in [4.69, 9.17) is 9.84 Å². The Labute approximate surface area is 60.3 Å². The Hall–Kier alpha value is -0.830. The van der Waals surface area contributed by atoms with Gasteiger partial charge in [-0.3, -0.25) is 0 Å². The van der Waals surface area contributed by atoms with Crippen LogP contribution in [0.4, 0.5) is 0 Å². The molecule has 0 aromatic rings. The van der Waals surface area contributed by atoms with Gasteiger partial charge < -0.3 is 9.84 Å². The molecule has 3 nitrogen and oxygen atoms in total. The predicted molar refractivity (Wildman–Crippen MR) is 37.9 cm³/mol. The lowest BCUT2D eigenvalue weighted by Crippen LogP contribution is -2.07. The average Bonchev–Trinajstić information content (AvgIpc) is 1.87. The molecule has 0 rings (SSSR count). The van der Waals surface area contributed by atoms with Crippen molar-refractivity contribution < 1.29 is 14.6 Å². The molecule has 0 unspecified atom stereocenters. The molecule has 0 amide bonds. The number of hydrogen-bond donors (Lipinski definition) is 1. The second-order valence-electron chi connectivity index (χ2n) is 2.02. The summed E-state index contributed by atoms with van der Waals surface area (Å²) in [6.07, 6.45) is 1.89. The Balaban J connectivity index is 3.29. The molecule has 0 atom stereocenters. The fourth-order valence-electron chi connectivity index (χ4n) is 0.383. The van der Waals surface area contributed by atoms with Gasteiger partial charge in [-0.05, 0) is 13.8 Å². The monoisotopic (exact) mass is 144 g/mol. The van der Waals surface area contributed by atoms with Gasteiger partial charge in [0.15, 0.2) is 0 Å². The lowest BCUT2D eigenvalue weighted by atomic mass is 10.3. The second kappa shape index (κ2) is 4.99. The maximum Gasteiger partial charge on any atom is 0.329 e. The van der Waals surface area contributed by atoms with Crippen LogP contribution in [0.5, 0.6) is 0 Å². The third-order valence-corrected chi connectivity index (χ3v) is 1.05. The molecular weight excluding hydrogens is 132 g/mol. The van der Waals surface area contributed by atoms with E-state index in [1.165, 1.54) is 0 Å². The van der Waals surface area contributed by atoms with Gasteiger partial charge in [-0.1, -0.05) is 11.6 Å². The van der Waals surface area contributed by atoms with Crippen LogP contribution in [0.2, 0.25) is 0 Å². The lowest BCUT2D eigenvalue weighted by molar-refractivity contribution is -0.141. The number of rotatable bonds is 4. The summed E-state index contributed by atoms with van der Waals surface area (Å²) in [5.74, 6) is -0.927. The Morgan fingerprint density at radius 2 is 2.20 bits per heavy atom. The smallest absolute Gasteiger partial charge is 0.329 e. The molecule has 0 heterocycles. The van der Waals surface area contributed by atoms with Crippen LogP contribution in [0.1, 0.15) is 13.8 Å². The summed E-state index contributed by atoms with van der Waals surface area (Å²) in [4.78, 5) is 9.92. The van der Waals surface area contributed by atoms with E-state index in [0.29, 0.717) is 6.61 Å². The van der Waals surface area contributed by atoms with Gasteiger partial charge in [-0.15, -0.1) is 0 Å². The fourth-order valence-corrected chi connectivity index (χ4v) is 0.383. The van der Waals surface area contributed by atoms with Gasteiger partial charge in [-0.2, -0.15) is 0 Å². The third kappa shape index (κ3) is 5.31. The molecule has 0 aromatic carbocycles. The minimum Gasteiger partial charge on any atom is -0.480 e. The van der Waals surface area contributed by atoms with Crippen LogP contribution in [0.15, 0.2) is 11.6 Å². The highest BCUT2D eigenvalue weighted by Crippen LogP contribution is 1.91. The van der Waals surface area contributed by atoms with Crippen molar-refractivity contribution in [3.05, 3.63) is 11.6 Å². The zero-order valence-corrected chi connectivity index (χ0v) is 6.26. The maximum atomic E-state index is 9.92. The maximum absolute atomic E-state index is 9.92. The summed E-state index contributed by atoms with van der Waals surface area (Å²) in [6.45, 7) is 3.97. The summed E-state index contributed by atoms with van der Waals surface area (Å²) < 4.78 is 4.78. The first-order valence-electron chi connectivity index (χ1n) is 3.08. The van der Waals surface area contributed by atoms with Crippen molar-refractivity contribution in [3.8, 4) is 0 Å². The number of carboxylic acid groups (broad SMARTS) is 1. The molecule has 58 valence electrons. The molecule has 0 aromatic heterocycles. The Bertz CT molecular complexity index is 138. The normalized spacial score (nSPS) is 11.6. The molecule has 0 radical (unpaired) electrons. The molecule has 0 bridgehead atoms. The largest absolute Gasteiger partial charge is 0.480 e. The van der Waals surface area contributed by atoms with Crippen LogP contribution < -0.4 is 0 Å². The van der Waals surface area contributed by atoms with Gasteiger partial charge in [-0.25, -0.2) is 4.79 Å². The summed E-state index contributed by atoms with van der Waals surface area (Å²) in [5.41, 5.74) is 1.04. The zero-order chi connectivity index (χ0) is 7.98. The van der Waals surface area contributed by atoms with E-state index in [1.54, 1.807) is 0 Å². The number of carboxylic acids is 1. The number of carbonyl (C=O) groups is 1. The highest BCUT2D eigenvalue weighted by Gasteiger charge is 1.94. The molecule has 0 aliphatic heterocycles. The minimum absolute atomic E-state index is 0.217. The molecule has 10 heavy (non-hydrogen) atoms. The first-order chi connectivity index (χ1) is 4.66. The zero-order valence-electron chi connectivity index (χ0n) is 6.26. The summed E-state index contributed by atoms with van der Waals surface area (Å²) in [6, 6.07) is 0. The van der Waals surface area contributed by atoms with Crippen LogP contribution in [-0.2, 0) is 9.53 Å². The Morgan fingerprint density at radius 3 is 2.60 bits per heavy atom. The Morgan fingerprint density at radius 1 is 1.60 bits per heavy atom. The average molecular weight is 144 g/mol. The fraction of sp³-hybridized carbons (Fsp3) is 0.571. The van der Waals surface area contributed by atoms with Gasteiger partial charge in [0.2, 0.25) is 0 Å². The van der Waals surface area contributed by atoms with Crippen LogP contribution in [0, 0.1) is 0 Å². The highest BCUT2D eigenvalue weighted by molar-refractivity contribution is 5.68. The number of aliphatic carboxylic acids is 1. The van der Waals surface area contributed by atoms with E-state index >= 15 is 0 Å². The van der Waals surface area contributed by atoms with Crippen molar-refractivity contribution in [1.29, 1.82) is 0 Å². The predicted octanol–water partition coefficient (Wildman–Crippen LogP) is 1.05. The first kappa shape index (κ1) is 9.17. The minimum atomic E-state index is -0.927. The van der Waals surface area contributed by atoms with Crippen molar-refractivity contribution in [2.75, 3.05) is 13.2 Å². The number of allylic oxidation sites excluding steroid dienone is 1. The van der Waals surface area contributed by atoms with Crippen LogP contribution in [0.25, 0.3) is 0 Å². The molecule has 0 saturated heterocycles. The third-order valence-electron chi connectivity index (χ3n) is 1.05. The standard InChI is InChI=1S/C7H12O3/c1-3-6(2)4-10-5-7(8)9/h3H,4-5H2,1-2H3,(H,8,9)/b6-3+. The highest BCUT2D eigenvalue weighted by atomic mass is 16.5. The van der Waals surface area contributed by atoms with Gasteiger partial charge in [0, 0.05) is 0 Å². The molecule has 0 spiro atoms. The first-order valence-corrected chi connectivity index (χ1v) is 3.08. The van der Waals surface area contributed by atoms with Crippen molar-refractivity contribution in [1.82, 2.24) is 0 Å². The van der Waals surface area contributed by atoms with Crippen molar-refractivity contribution in [2.45, 2.75) is 13.8 Å². The van der Waals surface area contributed by atoms with Gasteiger partial charge in [0.25, 0.3) is 0 Å². The van der Waals surface area contributed by atoms with Crippen LogP contribution >= 0.6 is 0 Å². The van der Waals surface area contributed by atoms with Crippen molar-refractivity contribution >= 4 is 5.97 Å². The SMILES string of the molecule is C/C=C(\C)COCC(=O)O. The van der Waals surface area contributed by atoms with E-state index < -0.39 is 5.97 Å².